The van der Waals surface area contributed by atoms with Gasteiger partial charge in [-0.25, -0.2) is 0 Å². The van der Waals surface area contributed by atoms with Crippen molar-refractivity contribution in [2.75, 3.05) is 32.7 Å². The van der Waals surface area contributed by atoms with Gasteiger partial charge in [0.25, 0.3) is 5.91 Å². The number of amides is 1. The smallest absolute Gasteiger partial charge is 0.323 e. The molecule has 0 aliphatic heterocycles. The second-order valence-electron chi connectivity index (χ2n) is 11.2. The topological polar surface area (TPSA) is 82.3 Å². The van der Waals surface area contributed by atoms with E-state index < -0.39 is 5.97 Å². The molecule has 3 aromatic rings. The van der Waals surface area contributed by atoms with Gasteiger partial charge < -0.3 is 19.3 Å². The number of hydrogen-bond acceptors (Lipinski definition) is 4. The van der Waals surface area contributed by atoms with Crippen LogP contribution in [0.1, 0.15) is 110 Å². The van der Waals surface area contributed by atoms with E-state index in [0.717, 1.165) is 49.7 Å². The number of pyridine rings is 1. The number of fused-ring (bicyclic) bond motifs is 1. The molecule has 0 aliphatic rings. The highest BCUT2D eigenvalue weighted by Crippen LogP contribution is 2.24. The summed E-state index contributed by atoms with van der Waals surface area (Å²) in [6.07, 6.45) is 11.5. The molecule has 7 nitrogen and oxygen atoms in total. The normalized spacial score (nSPS) is 11.4. The summed E-state index contributed by atoms with van der Waals surface area (Å²) in [6, 6.07) is 13.5. The molecule has 0 saturated carbocycles. The van der Waals surface area contributed by atoms with E-state index in [1.54, 1.807) is 25.3 Å². The number of ketones is 1. The Balaban J connectivity index is 1.79. The van der Waals surface area contributed by atoms with E-state index in [-0.39, 0.29) is 18.2 Å². The number of unbranched alkanes of at least 4 members (excludes halogenated alkanes) is 3. The number of aryl methyl sites for hydroxylation is 2. The molecule has 0 radical (unpaired) electrons. The van der Waals surface area contributed by atoms with Gasteiger partial charge in [0.15, 0.2) is 0 Å². The quantitative estimate of drug-likeness (QED) is 0.157. The molecule has 1 aromatic carbocycles. The van der Waals surface area contributed by atoms with Crippen LogP contribution in [0.25, 0.3) is 5.52 Å². The maximum absolute atomic E-state index is 13.8. The summed E-state index contributed by atoms with van der Waals surface area (Å²) in [7, 11) is 0. The number of aromatic nitrogens is 1. The van der Waals surface area contributed by atoms with Crippen molar-refractivity contribution in [3.63, 3.8) is 0 Å². The molecule has 2 heterocycles. The third-order valence-corrected chi connectivity index (χ3v) is 7.92. The highest BCUT2D eigenvalue weighted by molar-refractivity contribution is 6.10. The first-order chi connectivity index (χ1) is 20.3. The fourth-order valence-electron chi connectivity index (χ4n) is 5.42. The molecule has 228 valence electrons. The average Bonchev–Trinajstić information content (AvgIpc) is 3.36. The lowest BCUT2D eigenvalue weighted by atomic mass is 10.00. The highest BCUT2D eigenvalue weighted by atomic mass is 16.4. The Hall–Kier alpha value is -3.45. The maximum atomic E-state index is 13.8. The van der Waals surface area contributed by atoms with Gasteiger partial charge >= 0.3 is 5.97 Å². The third kappa shape index (κ3) is 9.02. The fraction of sp³-hybridized carbons (Fsp3) is 0.514. The van der Waals surface area contributed by atoms with Crippen molar-refractivity contribution in [2.45, 2.75) is 85.5 Å². The van der Waals surface area contributed by atoms with E-state index in [2.05, 4.69) is 37.8 Å². The Morgan fingerprint density at radius 2 is 1.40 bits per heavy atom. The predicted octanol–water partition coefficient (Wildman–Crippen LogP) is 6.89. The predicted molar refractivity (Wildman–Crippen MR) is 170 cm³/mol. The van der Waals surface area contributed by atoms with Crippen LogP contribution in [0, 0.1) is 0 Å². The molecule has 0 fully saturated rings. The molecule has 7 heteroatoms. The Kier molecular flexibility index (Phi) is 13.3. The van der Waals surface area contributed by atoms with Gasteiger partial charge in [0.2, 0.25) is 5.78 Å². The van der Waals surface area contributed by atoms with E-state index in [1.807, 2.05) is 22.6 Å². The number of aliphatic carboxylic acids is 1. The van der Waals surface area contributed by atoms with Crippen molar-refractivity contribution in [3.05, 3.63) is 76.6 Å². The molecule has 0 unspecified atom stereocenters. The van der Waals surface area contributed by atoms with Crippen LogP contribution in [-0.4, -0.2) is 69.7 Å². The fourth-order valence-corrected chi connectivity index (χ4v) is 5.42. The standard InChI is InChI=1S/C35H49N3O4/c1-5-9-14-29-24-31-25-30(35(42)37(8-4)26-32(39)40)19-23-38(31)33(29)34(41)28-17-15-27(16-18-28)13-12-22-36(20-10-6-2)21-11-7-3/h15-19,23-25H,5-14,20-22,26H2,1-4H3,(H,39,40). The molecule has 3 rings (SSSR count). The Morgan fingerprint density at radius 3 is 2.00 bits per heavy atom. The number of carboxylic acid groups (broad SMARTS) is 1. The summed E-state index contributed by atoms with van der Waals surface area (Å²) < 4.78 is 1.87. The van der Waals surface area contributed by atoms with Crippen molar-refractivity contribution in [1.29, 1.82) is 0 Å². The minimum atomic E-state index is -1.05. The molecular weight excluding hydrogens is 526 g/mol. The monoisotopic (exact) mass is 575 g/mol. The van der Waals surface area contributed by atoms with E-state index in [0.29, 0.717) is 23.4 Å². The summed E-state index contributed by atoms with van der Waals surface area (Å²) in [6.45, 7) is 11.8. The van der Waals surface area contributed by atoms with Gasteiger partial charge in [-0.2, -0.15) is 0 Å². The third-order valence-electron chi connectivity index (χ3n) is 7.92. The number of carboxylic acids is 1. The van der Waals surface area contributed by atoms with Crippen molar-refractivity contribution < 1.29 is 19.5 Å². The summed E-state index contributed by atoms with van der Waals surface area (Å²) >= 11 is 0. The lowest BCUT2D eigenvalue weighted by Gasteiger charge is -2.21. The van der Waals surface area contributed by atoms with Crippen LogP contribution in [0.4, 0.5) is 0 Å². The number of likely N-dealkylation sites (N-methyl/N-ethyl adjacent to an activating group) is 1. The van der Waals surface area contributed by atoms with Crippen molar-refractivity contribution in [1.82, 2.24) is 14.2 Å². The first-order valence-corrected chi connectivity index (χ1v) is 15.8. The van der Waals surface area contributed by atoms with Crippen LogP contribution in [0.15, 0.2) is 48.7 Å². The van der Waals surface area contributed by atoms with Crippen LogP contribution in [0.2, 0.25) is 0 Å². The lowest BCUT2D eigenvalue weighted by Crippen LogP contribution is -2.35. The molecule has 0 atom stereocenters. The number of rotatable bonds is 19. The summed E-state index contributed by atoms with van der Waals surface area (Å²) in [5, 5.41) is 9.17. The largest absolute Gasteiger partial charge is 0.480 e. The van der Waals surface area contributed by atoms with Crippen molar-refractivity contribution >= 4 is 23.2 Å². The molecule has 0 aliphatic carbocycles. The molecule has 0 spiro atoms. The van der Waals surface area contributed by atoms with Gasteiger partial charge in [0.05, 0.1) is 5.69 Å². The molecule has 0 saturated heterocycles. The van der Waals surface area contributed by atoms with Gasteiger partial charge in [-0.05, 0) is 94.4 Å². The number of carbonyl (C=O) groups is 3. The van der Waals surface area contributed by atoms with Gasteiger partial charge in [0, 0.05) is 29.4 Å². The molecule has 42 heavy (non-hydrogen) atoms. The van der Waals surface area contributed by atoms with Crippen LogP contribution in [0.3, 0.4) is 0 Å². The molecule has 1 amide bonds. The first kappa shape index (κ1) is 33.1. The SMILES string of the molecule is CCCCc1cc2cc(C(=O)N(CC)CC(=O)O)ccn2c1C(=O)c1ccc(CCCN(CCCC)CCCC)cc1. The van der Waals surface area contributed by atoms with Gasteiger partial charge in [-0.1, -0.05) is 64.3 Å². The number of carbonyl (C=O) groups excluding carboxylic acids is 2. The van der Waals surface area contributed by atoms with Gasteiger partial charge in [-0.15, -0.1) is 0 Å². The summed E-state index contributed by atoms with van der Waals surface area (Å²) in [5.41, 5.74) is 4.67. The number of hydrogen-bond donors (Lipinski definition) is 1. The maximum Gasteiger partial charge on any atom is 0.323 e. The van der Waals surface area contributed by atoms with Crippen LogP contribution in [-0.2, 0) is 17.6 Å². The minimum Gasteiger partial charge on any atom is -0.480 e. The van der Waals surface area contributed by atoms with E-state index in [1.165, 1.54) is 49.2 Å². The molecule has 2 aromatic heterocycles. The Bertz CT molecular complexity index is 1300. The Labute approximate surface area is 251 Å². The van der Waals surface area contributed by atoms with Gasteiger partial charge in [-0.3, -0.25) is 14.4 Å². The van der Waals surface area contributed by atoms with Gasteiger partial charge in [0.1, 0.15) is 6.54 Å². The van der Waals surface area contributed by atoms with Crippen LogP contribution in [0.5, 0.6) is 0 Å². The van der Waals surface area contributed by atoms with Crippen LogP contribution >= 0.6 is 0 Å². The number of benzene rings is 1. The Morgan fingerprint density at radius 1 is 0.762 bits per heavy atom. The second-order valence-corrected chi connectivity index (χ2v) is 11.2. The highest BCUT2D eigenvalue weighted by Gasteiger charge is 2.22. The zero-order chi connectivity index (χ0) is 30.5. The lowest BCUT2D eigenvalue weighted by molar-refractivity contribution is -0.137. The summed E-state index contributed by atoms with van der Waals surface area (Å²) in [4.78, 5) is 41.9. The zero-order valence-electron chi connectivity index (χ0n) is 26.0. The van der Waals surface area contributed by atoms with Crippen molar-refractivity contribution in [3.8, 4) is 0 Å². The minimum absolute atomic E-state index is 0.0295. The van der Waals surface area contributed by atoms with E-state index >= 15 is 0 Å². The summed E-state index contributed by atoms with van der Waals surface area (Å²) in [5.74, 6) is -1.41. The number of nitrogens with zero attached hydrogens (tertiary/aromatic N) is 3. The average molecular weight is 576 g/mol. The molecule has 1 N–H and O–H groups in total. The van der Waals surface area contributed by atoms with E-state index in [9.17, 15) is 19.5 Å². The van der Waals surface area contributed by atoms with E-state index in [4.69, 9.17) is 0 Å². The second kappa shape index (κ2) is 16.9. The zero-order valence-corrected chi connectivity index (χ0v) is 26.0. The molecule has 0 bridgehead atoms. The van der Waals surface area contributed by atoms with Crippen LogP contribution < -0.4 is 0 Å². The molecular formula is C35H49N3O4. The van der Waals surface area contributed by atoms with Crippen molar-refractivity contribution in [2.24, 2.45) is 0 Å². The first-order valence-electron chi connectivity index (χ1n) is 15.8.